The summed E-state index contributed by atoms with van der Waals surface area (Å²) in [5.74, 6) is 1.53. The summed E-state index contributed by atoms with van der Waals surface area (Å²) in [6.45, 7) is 5.64. The molecule has 1 aromatic rings. The molecule has 3 rings (SSSR count). The van der Waals surface area contributed by atoms with Crippen LogP contribution in [-0.2, 0) is 16.3 Å². The highest BCUT2D eigenvalue weighted by Crippen LogP contribution is 2.33. The molecule has 144 valence electrons. The molecule has 0 aromatic heterocycles. The fourth-order valence-corrected chi connectivity index (χ4v) is 5.52. The molecule has 0 radical (unpaired) electrons. The van der Waals surface area contributed by atoms with E-state index in [1.807, 2.05) is 0 Å². The lowest BCUT2D eigenvalue weighted by atomic mass is 9.80. The standard InChI is InChI=1S/C22H33NO2S/c1-18(2)26(24,25)17-21-9-7-19(8-10-21)5-6-20-11-13-22(14-12-20)23-15-3-4-16-23/h3-4,11-14,18-19,21H,5-10,15-17H2,1-2H3. The Morgan fingerprint density at radius 2 is 1.54 bits per heavy atom. The summed E-state index contributed by atoms with van der Waals surface area (Å²) in [6, 6.07) is 9.04. The summed E-state index contributed by atoms with van der Waals surface area (Å²) in [6.07, 6.45) is 11.3. The number of benzene rings is 1. The average molecular weight is 376 g/mol. The number of hydrogen-bond donors (Lipinski definition) is 0. The highest BCUT2D eigenvalue weighted by molar-refractivity contribution is 7.91. The van der Waals surface area contributed by atoms with Crippen molar-refractivity contribution < 1.29 is 8.42 Å². The third-order valence-electron chi connectivity index (χ3n) is 6.11. The Balaban J connectivity index is 1.41. The maximum absolute atomic E-state index is 12.1. The van der Waals surface area contributed by atoms with E-state index in [-0.39, 0.29) is 5.25 Å². The Morgan fingerprint density at radius 1 is 0.962 bits per heavy atom. The predicted octanol–water partition coefficient (Wildman–Crippen LogP) is 4.63. The minimum absolute atomic E-state index is 0.237. The van der Waals surface area contributed by atoms with Gasteiger partial charge in [0.2, 0.25) is 0 Å². The molecule has 2 aliphatic rings. The second kappa shape index (κ2) is 8.60. The first-order valence-corrected chi connectivity index (χ1v) is 11.9. The average Bonchev–Trinajstić information content (AvgIpc) is 3.16. The second-order valence-electron chi connectivity index (χ2n) is 8.35. The van der Waals surface area contributed by atoms with Gasteiger partial charge in [-0.05, 0) is 69.1 Å². The molecule has 0 atom stereocenters. The third-order valence-corrected chi connectivity index (χ3v) is 8.49. The SMILES string of the molecule is CC(C)S(=O)(=O)CC1CCC(CCc2ccc(N3CC=CC3)cc2)CC1. The van der Waals surface area contributed by atoms with E-state index in [9.17, 15) is 8.42 Å². The summed E-state index contributed by atoms with van der Waals surface area (Å²) in [5, 5.41) is -0.237. The third kappa shape index (κ3) is 5.12. The molecule has 0 unspecified atom stereocenters. The molecular weight excluding hydrogens is 342 g/mol. The van der Waals surface area contributed by atoms with Gasteiger partial charge in [-0.15, -0.1) is 0 Å². The number of nitrogens with zero attached hydrogens (tertiary/aromatic N) is 1. The van der Waals surface area contributed by atoms with Crippen LogP contribution in [0.1, 0.15) is 51.5 Å². The van der Waals surface area contributed by atoms with Crippen molar-refractivity contribution in [2.24, 2.45) is 11.8 Å². The van der Waals surface area contributed by atoms with Gasteiger partial charge >= 0.3 is 0 Å². The van der Waals surface area contributed by atoms with Crippen LogP contribution in [0.4, 0.5) is 5.69 Å². The molecule has 0 N–H and O–H groups in total. The topological polar surface area (TPSA) is 37.4 Å². The summed E-state index contributed by atoms with van der Waals surface area (Å²) in [4.78, 5) is 2.37. The number of anilines is 1. The lowest BCUT2D eigenvalue weighted by Gasteiger charge is -2.29. The first-order chi connectivity index (χ1) is 12.4. The van der Waals surface area contributed by atoms with E-state index in [1.54, 1.807) is 13.8 Å². The van der Waals surface area contributed by atoms with Gasteiger partial charge in [-0.25, -0.2) is 8.42 Å². The van der Waals surface area contributed by atoms with Crippen LogP contribution < -0.4 is 4.90 Å². The van der Waals surface area contributed by atoms with E-state index in [4.69, 9.17) is 0 Å². The Labute approximate surface area is 159 Å². The van der Waals surface area contributed by atoms with Crippen LogP contribution >= 0.6 is 0 Å². The largest absolute Gasteiger partial charge is 0.364 e. The van der Waals surface area contributed by atoms with Gasteiger partial charge in [-0.3, -0.25) is 0 Å². The van der Waals surface area contributed by atoms with Gasteiger partial charge in [-0.1, -0.05) is 37.1 Å². The van der Waals surface area contributed by atoms with Gasteiger partial charge in [-0.2, -0.15) is 0 Å². The predicted molar refractivity (Wildman–Crippen MR) is 110 cm³/mol. The number of rotatable bonds is 7. The van der Waals surface area contributed by atoms with Crippen LogP contribution in [-0.4, -0.2) is 32.5 Å². The van der Waals surface area contributed by atoms with E-state index in [1.165, 1.54) is 30.5 Å². The molecule has 3 nitrogen and oxygen atoms in total. The highest BCUT2D eigenvalue weighted by atomic mass is 32.2. The van der Waals surface area contributed by atoms with Crippen molar-refractivity contribution >= 4 is 15.5 Å². The summed E-state index contributed by atoms with van der Waals surface area (Å²) < 4.78 is 24.2. The summed E-state index contributed by atoms with van der Waals surface area (Å²) >= 11 is 0. The molecule has 1 heterocycles. The van der Waals surface area contributed by atoms with Gasteiger partial charge < -0.3 is 4.90 Å². The van der Waals surface area contributed by atoms with Gasteiger partial charge in [0.05, 0.1) is 11.0 Å². The van der Waals surface area contributed by atoms with Crippen molar-refractivity contribution in [3.8, 4) is 0 Å². The van der Waals surface area contributed by atoms with Crippen LogP contribution in [0, 0.1) is 11.8 Å². The Hall–Kier alpha value is -1.29. The number of hydrogen-bond acceptors (Lipinski definition) is 3. The summed E-state index contributed by atoms with van der Waals surface area (Å²) in [7, 11) is -2.89. The molecule has 1 aliphatic carbocycles. The monoisotopic (exact) mass is 375 g/mol. The smallest absolute Gasteiger partial charge is 0.152 e. The van der Waals surface area contributed by atoms with E-state index in [0.717, 1.165) is 38.3 Å². The van der Waals surface area contributed by atoms with Crippen molar-refractivity contribution in [3.05, 3.63) is 42.0 Å². The molecule has 26 heavy (non-hydrogen) atoms. The molecule has 1 aromatic carbocycles. The quantitative estimate of drug-likeness (QED) is 0.652. The van der Waals surface area contributed by atoms with Crippen LogP contribution in [0.2, 0.25) is 0 Å². The van der Waals surface area contributed by atoms with Gasteiger partial charge in [0.15, 0.2) is 9.84 Å². The normalized spacial score (nSPS) is 23.7. The molecule has 0 bridgehead atoms. The van der Waals surface area contributed by atoms with Crippen molar-refractivity contribution in [2.45, 2.75) is 57.6 Å². The molecule has 0 amide bonds. The zero-order valence-electron chi connectivity index (χ0n) is 16.2. The summed E-state index contributed by atoms with van der Waals surface area (Å²) in [5.41, 5.74) is 2.73. The Kier molecular flexibility index (Phi) is 6.44. The first-order valence-electron chi connectivity index (χ1n) is 10.1. The molecule has 1 saturated carbocycles. The van der Waals surface area contributed by atoms with Crippen molar-refractivity contribution in [2.75, 3.05) is 23.7 Å². The lowest BCUT2D eigenvalue weighted by molar-refractivity contribution is 0.278. The number of sulfone groups is 1. The van der Waals surface area contributed by atoms with Crippen molar-refractivity contribution in [1.82, 2.24) is 0 Å². The molecule has 0 spiro atoms. The zero-order valence-corrected chi connectivity index (χ0v) is 17.0. The molecule has 1 aliphatic heterocycles. The van der Waals surface area contributed by atoms with E-state index in [2.05, 4.69) is 41.3 Å². The highest BCUT2D eigenvalue weighted by Gasteiger charge is 2.27. The van der Waals surface area contributed by atoms with Crippen LogP contribution in [0.25, 0.3) is 0 Å². The zero-order chi connectivity index (χ0) is 18.6. The molecular formula is C22H33NO2S. The lowest BCUT2D eigenvalue weighted by Crippen LogP contribution is -2.26. The molecule has 0 saturated heterocycles. The first kappa shape index (κ1) is 19.5. The van der Waals surface area contributed by atoms with Crippen molar-refractivity contribution in [3.63, 3.8) is 0 Å². The number of aryl methyl sites for hydroxylation is 1. The molecule has 1 fully saturated rings. The minimum Gasteiger partial charge on any atom is -0.364 e. The van der Waals surface area contributed by atoms with E-state index < -0.39 is 9.84 Å². The van der Waals surface area contributed by atoms with Gasteiger partial charge in [0, 0.05) is 18.8 Å². The van der Waals surface area contributed by atoms with Gasteiger partial charge in [0.1, 0.15) is 0 Å². The van der Waals surface area contributed by atoms with Crippen LogP contribution in [0.5, 0.6) is 0 Å². The van der Waals surface area contributed by atoms with E-state index >= 15 is 0 Å². The Morgan fingerprint density at radius 3 is 2.12 bits per heavy atom. The maximum atomic E-state index is 12.1. The molecule has 4 heteroatoms. The van der Waals surface area contributed by atoms with Crippen LogP contribution in [0.3, 0.4) is 0 Å². The Bertz CT molecular complexity index is 690. The van der Waals surface area contributed by atoms with Crippen LogP contribution in [0.15, 0.2) is 36.4 Å². The maximum Gasteiger partial charge on any atom is 0.152 e. The minimum atomic E-state index is -2.89. The second-order valence-corrected chi connectivity index (χ2v) is 10.9. The van der Waals surface area contributed by atoms with Gasteiger partial charge in [0.25, 0.3) is 0 Å². The fourth-order valence-electron chi connectivity index (χ4n) is 4.14. The fraction of sp³-hybridized carbons (Fsp3) is 0.636. The van der Waals surface area contributed by atoms with E-state index in [0.29, 0.717) is 11.7 Å². The van der Waals surface area contributed by atoms with Crippen molar-refractivity contribution in [1.29, 1.82) is 0 Å².